The first-order valence-corrected chi connectivity index (χ1v) is 9.60. The maximum absolute atomic E-state index is 12.4. The lowest BCUT2D eigenvalue weighted by Crippen LogP contribution is -2.56. The molecule has 1 aliphatic heterocycles. The molecular formula is C14H22O6S2. The first-order valence-electron chi connectivity index (χ1n) is 7.13. The number of sulfone groups is 1. The first kappa shape index (κ1) is 17.8. The van der Waals surface area contributed by atoms with Crippen molar-refractivity contribution in [1.82, 2.24) is 0 Å². The van der Waals surface area contributed by atoms with Crippen molar-refractivity contribution < 1.29 is 28.5 Å². The Labute approximate surface area is 134 Å². The molecule has 8 heteroatoms. The van der Waals surface area contributed by atoms with Crippen LogP contribution in [0.15, 0.2) is 11.0 Å². The van der Waals surface area contributed by atoms with Crippen LogP contribution in [0.3, 0.4) is 0 Å². The predicted molar refractivity (Wildman–Crippen MR) is 82.8 cm³/mol. The Balaban J connectivity index is 2.07. The van der Waals surface area contributed by atoms with E-state index < -0.39 is 40.4 Å². The van der Waals surface area contributed by atoms with Gasteiger partial charge in [-0.1, -0.05) is 0 Å². The van der Waals surface area contributed by atoms with Gasteiger partial charge in [-0.15, -0.1) is 11.3 Å². The van der Waals surface area contributed by atoms with Gasteiger partial charge in [-0.25, -0.2) is 8.42 Å². The van der Waals surface area contributed by atoms with E-state index in [-0.39, 0.29) is 12.2 Å². The average Bonchev–Trinajstić information content (AvgIpc) is 2.79. The van der Waals surface area contributed by atoms with Gasteiger partial charge in [0.1, 0.15) is 18.3 Å². The van der Waals surface area contributed by atoms with E-state index in [4.69, 9.17) is 4.74 Å². The molecule has 1 fully saturated rings. The van der Waals surface area contributed by atoms with Gasteiger partial charge in [0.2, 0.25) is 0 Å². The number of aliphatic hydroxyl groups excluding tert-OH is 3. The van der Waals surface area contributed by atoms with Crippen molar-refractivity contribution in [2.45, 2.75) is 62.6 Å². The van der Waals surface area contributed by atoms with Gasteiger partial charge >= 0.3 is 0 Å². The van der Waals surface area contributed by atoms with Crippen LogP contribution in [0, 0.1) is 13.8 Å². The van der Waals surface area contributed by atoms with Crippen LogP contribution in [0.25, 0.3) is 0 Å². The molecule has 22 heavy (non-hydrogen) atoms. The van der Waals surface area contributed by atoms with E-state index >= 15 is 0 Å². The molecular weight excluding hydrogens is 328 g/mol. The predicted octanol–water partition coefficient (Wildman–Crippen LogP) is 0.399. The van der Waals surface area contributed by atoms with Crippen LogP contribution in [-0.4, -0.2) is 60.0 Å². The quantitative estimate of drug-likeness (QED) is 0.726. The normalized spacial score (nSPS) is 33.1. The Morgan fingerprint density at radius 2 is 1.82 bits per heavy atom. The summed E-state index contributed by atoms with van der Waals surface area (Å²) in [5.41, 5.74) is 0. The fourth-order valence-electron chi connectivity index (χ4n) is 2.67. The number of thiophene rings is 1. The Morgan fingerprint density at radius 3 is 2.36 bits per heavy atom. The van der Waals surface area contributed by atoms with Crippen molar-refractivity contribution in [2.24, 2.45) is 0 Å². The Kier molecular flexibility index (Phi) is 5.31. The molecule has 0 saturated carbocycles. The summed E-state index contributed by atoms with van der Waals surface area (Å²) in [6.07, 6.45) is -5.22. The van der Waals surface area contributed by atoms with Crippen molar-refractivity contribution in [1.29, 1.82) is 0 Å². The lowest BCUT2D eigenvalue weighted by Gasteiger charge is -2.39. The van der Waals surface area contributed by atoms with Crippen molar-refractivity contribution in [3.8, 4) is 0 Å². The Hall–Kier alpha value is -0.510. The number of hydrogen-bond donors (Lipinski definition) is 3. The molecule has 1 saturated heterocycles. The average molecular weight is 350 g/mol. The second-order valence-electron chi connectivity index (χ2n) is 5.74. The molecule has 6 nitrogen and oxygen atoms in total. The number of aryl methyl sites for hydroxylation is 2. The highest BCUT2D eigenvalue weighted by atomic mass is 32.2. The number of rotatable bonds is 4. The molecule has 0 spiro atoms. The molecule has 1 aromatic heterocycles. The molecule has 2 heterocycles. The van der Waals surface area contributed by atoms with Crippen LogP contribution in [0.2, 0.25) is 0 Å². The second kappa shape index (κ2) is 6.54. The maximum Gasteiger partial charge on any atom is 0.179 e. The van der Waals surface area contributed by atoms with Crippen molar-refractivity contribution in [3.63, 3.8) is 0 Å². The van der Waals surface area contributed by atoms with Crippen LogP contribution in [0.5, 0.6) is 0 Å². The maximum atomic E-state index is 12.4. The van der Waals surface area contributed by atoms with Crippen LogP contribution in [0.1, 0.15) is 23.1 Å². The molecule has 2 unspecified atom stereocenters. The highest BCUT2D eigenvalue weighted by Gasteiger charge is 2.41. The minimum Gasteiger partial charge on any atom is -0.388 e. The van der Waals surface area contributed by atoms with Crippen LogP contribution < -0.4 is 0 Å². The lowest BCUT2D eigenvalue weighted by molar-refractivity contribution is -0.217. The van der Waals surface area contributed by atoms with E-state index in [9.17, 15) is 23.7 Å². The van der Waals surface area contributed by atoms with Gasteiger partial charge in [0, 0.05) is 9.75 Å². The fourth-order valence-corrected chi connectivity index (χ4v) is 5.63. The van der Waals surface area contributed by atoms with E-state index in [0.717, 1.165) is 9.75 Å². The van der Waals surface area contributed by atoms with Gasteiger partial charge < -0.3 is 20.1 Å². The molecule has 0 aromatic carbocycles. The summed E-state index contributed by atoms with van der Waals surface area (Å²) in [6, 6.07) is 1.65. The second-order valence-corrected chi connectivity index (χ2v) is 9.27. The van der Waals surface area contributed by atoms with E-state index in [1.54, 1.807) is 19.9 Å². The number of aliphatic hydroxyl groups is 3. The minimum atomic E-state index is -3.47. The molecule has 1 aliphatic rings. The summed E-state index contributed by atoms with van der Waals surface area (Å²) in [6.45, 7) is 5.19. The van der Waals surface area contributed by atoms with Crippen molar-refractivity contribution >= 4 is 21.2 Å². The van der Waals surface area contributed by atoms with Gasteiger partial charge in [-0.05, 0) is 33.3 Å². The lowest BCUT2D eigenvalue weighted by atomic mass is 9.94. The molecule has 0 amide bonds. The third kappa shape index (κ3) is 3.52. The highest BCUT2D eigenvalue weighted by Crippen LogP contribution is 2.28. The van der Waals surface area contributed by atoms with Crippen LogP contribution >= 0.6 is 11.3 Å². The van der Waals surface area contributed by atoms with E-state index in [0.29, 0.717) is 4.90 Å². The monoisotopic (exact) mass is 350 g/mol. The van der Waals surface area contributed by atoms with Gasteiger partial charge in [0.25, 0.3) is 0 Å². The zero-order valence-corrected chi connectivity index (χ0v) is 14.4. The van der Waals surface area contributed by atoms with Crippen molar-refractivity contribution in [2.75, 3.05) is 5.75 Å². The summed E-state index contributed by atoms with van der Waals surface area (Å²) in [4.78, 5) is 1.98. The molecule has 2 rings (SSSR count). The molecule has 5 atom stereocenters. The minimum absolute atomic E-state index is 0.0615. The summed E-state index contributed by atoms with van der Waals surface area (Å²) in [5.74, 6) is -0.179. The van der Waals surface area contributed by atoms with E-state index in [2.05, 4.69) is 0 Å². The fraction of sp³-hybridized carbons (Fsp3) is 0.714. The largest absolute Gasteiger partial charge is 0.388 e. The third-order valence-electron chi connectivity index (χ3n) is 3.95. The molecule has 1 aromatic rings. The standard InChI is InChI=1S/C14H22O6S2/c1-7-6-11(9(3)21-7)22(18,19)5-4-10-13(16)14(17)12(15)8(2)20-10/h6,8,10,12-17H,4-5H2,1-3H3/t8?,10-,12-,13?,14+/m1/s1. The summed E-state index contributed by atoms with van der Waals surface area (Å²) in [7, 11) is -3.47. The first-order chi connectivity index (χ1) is 10.1. The van der Waals surface area contributed by atoms with E-state index in [1.165, 1.54) is 11.3 Å². The van der Waals surface area contributed by atoms with Gasteiger partial charge in [-0.2, -0.15) is 0 Å². The van der Waals surface area contributed by atoms with Crippen LogP contribution in [0.4, 0.5) is 0 Å². The van der Waals surface area contributed by atoms with Gasteiger partial charge in [0.15, 0.2) is 9.84 Å². The summed E-state index contributed by atoms with van der Waals surface area (Å²) in [5, 5.41) is 29.3. The SMILES string of the molecule is Cc1cc(S(=O)(=O)CC[C@H]2OC(C)[C@@H](O)[C@H](O)C2O)c(C)s1. The smallest absolute Gasteiger partial charge is 0.179 e. The molecule has 126 valence electrons. The van der Waals surface area contributed by atoms with Crippen molar-refractivity contribution in [3.05, 3.63) is 15.8 Å². The number of ether oxygens (including phenoxy) is 1. The van der Waals surface area contributed by atoms with Crippen LogP contribution in [-0.2, 0) is 14.6 Å². The summed E-state index contributed by atoms with van der Waals surface area (Å²) >= 11 is 1.43. The topological polar surface area (TPSA) is 104 Å². The molecule has 0 aliphatic carbocycles. The zero-order chi connectivity index (χ0) is 16.7. The highest BCUT2D eigenvalue weighted by molar-refractivity contribution is 7.91. The third-order valence-corrected chi connectivity index (χ3v) is 6.92. The van der Waals surface area contributed by atoms with E-state index in [1.807, 2.05) is 6.92 Å². The summed E-state index contributed by atoms with van der Waals surface area (Å²) < 4.78 is 30.2. The Bertz CT molecular complexity index is 623. The number of hydrogen-bond acceptors (Lipinski definition) is 7. The van der Waals surface area contributed by atoms with Gasteiger partial charge in [0.05, 0.1) is 22.9 Å². The zero-order valence-electron chi connectivity index (χ0n) is 12.8. The molecule has 0 radical (unpaired) electrons. The van der Waals surface area contributed by atoms with Gasteiger partial charge in [-0.3, -0.25) is 0 Å². The molecule has 3 N–H and O–H groups in total. The molecule has 0 bridgehead atoms. The Morgan fingerprint density at radius 1 is 1.18 bits per heavy atom.